The summed E-state index contributed by atoms with van der Waals surface area (Å²) in [4.78, 5) is 11.2. The molecule has 0 aliphatic carbocycles. The van der Waals surface area contributed by atoms with E-state index in [0.29, 0.717) is 0 Å². The summed E-state index contributed by atoms with van der Waals surface area (Å²) < 4.78 is 29.3. The highest BCUT2D eigenvalue weighted by atomic mass is 32.2. The number of benzene rings is 3. The normalized spacial score (nSPS) is 13.1. The Bertz CT molecular complexity index is 1300. The lowest BCUT2D eigenvalue weighted by Gasteiger charge is -2.25. The summed E-state index contributed by atoms with van der Waals surface area (Å²) in [5, 5.41) is 22.1. The molecule has 2 N–H and O–H groups in total. The second-order valence-electron chi connectivity index (χ2n) is 7.62. The fraction of sp³-hybridized carbons (Fsp3) is 0.208. The molecule has 166 valence electrons. The lowest BCUT2D eigenvalue weighted by molar-refractivity contribution is -0.137. The van der Waals surface area contributed by atoms with E-state index in [9.17, 15) is 18.3 Å². The zero-order valence-electron chi connectivity index (χ0n) is 17.3. The molecule has 0 saturated carbocycles. The summed E-state index contributed by atoms with van der Waals surface area (Å²) in [6.07, 6.45) is -1.39. The van der Waals surface area contributed by atoms with Crippen LogP contribution in [0, 0.1) is 0 Å². The van der Waals surface area contributed by atoms with Gasteiger partial charge in [-0.1, -0.05) is 54.6 Å². The summed E-state index contributed by atoms with van der Waals surface area (Å²) in [6, 6.07) is 23.5. The van der Waals surface area contributed by atoms with Crippen LogP contribution >= 0.6 is 0 Å². The van der Waals surface area contributed by atoms with Gasteiger partial charge < -0.3 is 14.8 Å². The molecule has 3 aromatic carbocycles. The first-order valence-corrected chi connectivity index (χ1v) is 11.7. The molecule has 7 nitrogen and oxygen atoms in total. The standard InChI is InChI=1S/C24H24N2O5S/c27-18(16-25(15-14-24(28)29)32(30,31)19-8-2-1-3-9-19)17-26-22-12-6-4-10-20(22)21-11-5-7-13-23(21)26/h1-13,18,27H,14-17H2,(H,28,29)/t18-/m1/s1. The molecule has 1 heterocycles. The topological polar surface area (TPSA) is 99.8 Å². The van der Waals surface area contributed by atoms with Crippen LogP contribution in [0.1, 0.15) is 6.42 Å². The first kappa shape index (κ1) is 22.0. The smallest absolute Gasteiger partial charge is 0.304 e. The maximum atomic E-state index is 13.1. The number of carboxylic acids is 1. The van der Waals surface area contributed by atoms with E-state index in [0.717, 1.165) is 26.1 Å². The van der Waals surface area contributed by atoms with Gasteiger partial charge in [0.1, 0.15) is 0 Å². The van der Waals surface area contributed by atoms with Crippen LogP contribution in [-0.2, 0) is 21.4 Å². The predicted octanol–water partition coefficient (Wildman–Crippen LogP) is 3.32. The van der Waals surface area contributed by atoms with Crippen LogP contribution in [0.5, 0.6) is 0 Å². The van der Waals surface area contributed by atoms with Crippen LogP contribution in [0.25, 0.3) is 21.8 Å². The van der Waals surface area contributed by atoms with Gasteiger partial charge in [-0.25, -0.2) is 8.42 Å². The molecule has 0 aliphatic rings. The number of aromatic nitrogens is 1. The van der Waals surface area contributed by atoms with Crippen molar-refractivity contribution in [3.8, 4) is 0 Å². The van der Waals surface area contributed by atoms with Crippen molar-refractivity contribution < 1.29 is 23.4 Å². The molecule has 0 fully saturated rings. The van der Waals surface area contributed by atoms with E-state index < -0.39 is 22.1 Å². The summed E-state index contributed by atoms with van der Waals surface area (Å²) >= 11 is 0. The number of carbonyl (C=O) groups is 1. The number of aliphatic carboxylic acids is 1. The molecule has 0 bridgehead atoms. The number of rotatable bonds is 9. The van der Waals surface area contributed by atoms with E-state index in [2.05, 4.69) is 0 Å². The fourth-order valence-electron chi connectivity index (χ4n) is 3.98. The first-order valence-electron chi connectivity index (χ1n) is 10.3. The minimum atomic E-state index is -3.95. The van der Waals surface area contributed by atoms with Gasteiger partial charge in [-0.2, -0.15) is 4.31 Å². The third-order valence-corrected chi connectivity index (χ3v) is 7.32. The highest BCUT2D eigenvalue weighted by Gasteiger charge is 2.27. The van der Waals surface area contributed by atoms with Gasteiger partial charge >= 0.3 is 5.97 Å². The lowest BCUT2D eigenvalue weighted by atomic mass is 10.2. The summed E-state index contributed by atoms with van der Waals surface area (Å²) in [5.41, 5.74) is 1.88. The van der Waals surface area contributed by atoms with E-state index in [1.807, 2.05) is 53.1 Å². The van der Waals surface area contributed by atoms with Crippen molar-refractivity contribution in [2.24, 2.45) is 0 Å². The average Bonchev–Trinajstić information content (AvgIpc) is 3.11. The maximum absolute atomic E-state index is 13.1. The third kappa shape index (κ3) is 4.38. The van der Waals surface area contributed by atoms with E-state index in [1.54, 1.807) is 18.2 Å². The van der Waals surface area contributed by atoms with Crippen molar-refractivity contribution in [2.75, 3.05) is 13.1 Å². The third-order valence-electron chi connectivity index (χ3n) is 5.44. The molecule has 8 heteroatoms. The van der Waals surface area contributed by atoms with Gasteiger partial charge in [0.2, 0.25) is 10.0 Å². The largest absolute Gasteiger partial charge is 0.481 e. The van der Waals surface area contributed by atoms with Gasteiger partial charge in [-0.15, -0.1) is 0 Å². The number of carboxylic acid groups (broad SMARTS) is 1. The van der Waals surface area contributed by atoms with E-state index in [1.165, 1.54) is 12.1 Å². The van der Waals surface area contributed by atoms with Gasteiger partial charge in [-0.05, 0) is 24.3 Å². The van der Waals surface area contributed by atoms with E-state index in [-0.39, 0.29) is 31.0 Å². The average molecular weight is 453 g/mol. The van der Waals surface area contributed by atoms with Crippen molar-refractivity contribution in [1.82, 2.24) is 8.87 Å². The van der Waals surface area contributed by atoms with Gasteiger partial charge in [0.15, 0.2) is 0 Å². The molecule has 0 saturated heterocycles. The minimum Gasteiger partial charge on any atom is -0.481 e. The Morgan fingerprint density at radius 2 is 1.41 bits per heavy atom. The lowest BCUT2D eigenvalue weighted by Crippen LogP contribution is -2.40. The highest BCUT2D eigenvalue weighted by Crippen LogP contribution is 2.29. The summed E-state index contributed by atoms with van der Waals surface area (Å²) in [6.45, 7) is -0.274. The van der Waals surface area contributed by atoms with Crippen molar-refractivity contribution in [3.63, 3.8) is 0 Å². The number of aliphatic hydroxyl groups excluding tert-OH is 1. The predicted molar refractivity (Wildman–Crippen MR) is 123 cm³/mol. The highest BCUT2D eigenvalue weighted by molar-refractivity contribution is 7.89. The molecule has 0 amide bonds. The number of hydrogen-bond acceptors (Lipinski definition) is 4. The molecular formula is C24H24N2O5S. The van der Waals surface area contributed by atoms with Crippen LogP contribution in [0.4, 0.5) is 0 Å². The van der Waals surface area contributed by atoms with Crippen molar-refractivity contribution >= 4 is 37.8 Å². The maximum Gasteiger partial charge on any atom is 0.304 e. The summed E-state index contributed by atoms with van der Waals surface area (Å²) in [7, 11) is -3.95. The molecule has 4 rings (SSSR count). The van der Waals surface area contributed by atoms with Gasteiger partial charge in [0.05, 0.1) is 24.0 Å². The fourth-order valence-corrected chi connectivity index (χ4v) is 5.47. The molecule has 0 radical (unpaired) electrons. The minimum absolute atomic E-state index is 0.0643. The SMILES string of the molecule is O=C(O)CCN(C[C@@H](O)Cn1c2ccccc2c2ccccc21)S(=O)(=O)c1ccccc1. The number of fused-ring (bicyclic) bond motifs is 3. The van der Waals surface area contributed by atoms with Gasteiger partial charge in [0, 0.05) is 34.9 Å². The first-order chi connectivity index (χ1) is 15.4. The number of nitrogens with zero attached hydrogens (tertiary/aromatic N) is 2. The molecule has 4 aromatic rings. The van der Waals surface area contributed by atoms with E-state index >= 15 is 0 Å². The second-order valence-corrected chi connectivity index (χ2v) is 9.56. The monoisotopic (exact) mass is 452 g/mol. The molecule has 0 unspecified atom stereocenters. The molecule has 32 heavy (non-hydrogen) atoms. The number of para-hydroxylation sites is 2. The summed E-state index contributed by atoms with van der Waals surface area (Å²) in [5.74, 6) is -1.10. The van der Waals surface area contributed by atoms with Crippen molar-refractivity contribution in [2.45, 2.75) is 24.0 Å². The second kappa shape index (κ2) is 9.12. The number of sulfonamides is 1. The van der Waals surface area contributed by atoms with E-state index in [4.69, 9.17) is 5.11 Å². The quantitative estimate of drug-likeness (QED) is 0.406. The Hall–Kier alpha value is -3.20. The van der Waals surface area contributed by atoms with Crippen molar-refractivity contribution in [3.05, 3.63) is 78.9 Å². The number of hydrogen-bond donors (Lipinski definition) is 2. The molecule has 1 atom stereocenters. The van der Waals surface area contributed by atoms with Crippen LogP contribution in [0.3, 0.4) is 0 Å². The Balaban J connectivity index is 1.64. The Morgan fingerprint density at radius 1 is 0.875 bits per heavy atom. The van der Waals surface area contributed by atoms with Crippen molar-refractivity contribution in [1.29, 1.82) is 0 Å². The Morgan fingerprint density at radius 3 is 1.97 bits per heavy atom. The van der Waals surface area contributed by atoms with Crippen LogP contribution in [0.15, 0.2) is 83.8 Å². The number of aliphatic hydroxyl groups is 1. The van der Waals surface area contributed by atoms with Crippen LogP contribution < -0.4 is 0 Å². The van der Waals surface area contributed by atoms with Crippen LogP contribution in [0.2, 0.25) is 0 Å². The zero-order chi connectivity index (χ0) is 22.7. The molecule has 1 aromatic heterocycles. The molecule has 0 spiro atoms. The van der Waals surface area contributed by atoms with Crippen LogP contribution in [-0.4, -0.2) is 52.7 Å². The van der Waals surface area contributed by atoms with Gasteiger partial charge in [0.25, 0.3) is 0 Å². The molecule has 0 aliphatic heterocycles. The zero-order valence-corrected chi connectivity index (χ0v) is 18.1. The molecular weight excluding hydrogens is 428 g/mol. The van der Waals surface area contributed by atoms with Gasteiger partial charge in [-0.3, -0.25) is 4.79 Å². The Kier molecular flexibility index (Phi) is 6.27. The Labute approximate surface area is 186 Å².